The normalized spacial score (nSPS) is 11.1. The molecule has 0 atom stereocenters. The van der Waals surface area contributed by atoms with E-state index >= 15 is 0 Å². The molecule has 1 heterocycles. The SMILES string of the molecule is COc1ccc(Nc2cc(-c3cccc(OC(F)(F)F)c3)nc(NCCCO)n2)c(OC)c1. The Balaban J connectivity index is 1.97. The van der Waals surface area contributed by atoms with E-state index < -0.39 is 6.36 Å². The Bertz CT molecular complexity index is 1080. The fourth-order valence-electron chi connectivity index (χ4n) is 2.91. The van der Waals surface area contributed by atoms with Crippen LogP contribution < -0.4 is 24.8 Å². The van der Waals surface area contributed by atoms with Gasteiger partial charge in [-0.1, -0.05) is 12.1 Å². The molecule has 1 aromatic heterocycles. The van der Waals surface area contributed by atoms with Gasteiger partial charge < -0.3 is 30.0 Å². The summed E-state index contributed by atoms with van der Waals surface area (Å²) in [5, 5.41) is 15.2. The quantitative estimate of drug-likeness (QED) is 0.375. The van der Waals surface area contributed by atoms with Gasteiger partial charge in [-0.2, -0.15) is 4.98 Å². The molecule has 0 saturated carbocycles. The maximum Gasteiger partial charge on any atom is 0.573 e. The number of aliphatic hydroxyl groups excluding tert-OH is 1. The van der Waals surface area contributed by atoms with Gasteiger partial charge in [-0.15, -0.1) is 13.2 Å². The van der Waals surface area contributed by atoms with E-state index in [0.29, 0.717) is 47.2 Å². The van der Waals surface area contributed by atoms with E-state index in [0.717, 1.165) is 0 Å². The molecule has 3 rings (SSSR count). The Morgan fingerprint density at radius 3 is 2.48 bits per heavy atom. The summed E-state index contributed by atoms with van der Waals surface area (Å²) in [6.45, 7) is 0.389. The van der Waals surface area contributed by atoms with Crippen LogP contribution in [0.4, 0.5) is 30.6 Å². The van der Waals surface area contributed by atoms with Gasteiger partial charge in [0.1, 0.15) is 23.1 Å². The molecule has 0 radical (unpaired) electrons. The molecule has 11 heteroatoms. The summed E-state index contributed by atoms with van der Waals surface area (Å²) in [6, 6.07) is 12.3. The molecular weight excluding hydrogens is 441 g/mol. The molecule has 3 N–H and O–H groups in total. The smallest absolute Gasteiger partial charge is 0.497 e. The highest BCUT2D eigenvalue weighted by Crippen LogP contribution is 2.33. The number of nitrogens with zero attached hydrogens (tertiary/aromatic N) is 2. The number of rotatable bonds is 10. The van der Waals surface area contributed by atoms with Crippen LogP contribution in [-0.2, 0) is 0 Å². The lowest BCUT2D eigenvalue weighted by Gasteiger charge is -2.15. The van der Waals surface area contributed by atoms with Crippen LogP contribution in [0, 0.1) is 0 Å². The number of halogens is 3. The van der Waals surface area contributed by atoms with Gasteiger partial charge in [0, 0.05) is 30.8 Å². The standard InChI is InChI=1S/C22H23F3N4O4/c1-31-15-7-8-17(19(12-15)32-2)27-20-13-18(28-21(29-20)26-9-4-10-30)14-5-3-6-16(11-14)33-22(23,24)25/h3,5-8,11-13,30H,4,9-10H2,1-2H3,(H2,26,27,28,29). The van der Waals surface area contributed by atoms with Crippen LogP contribution in [0.25, 0.3) is 11.3 Å². The highest BCUT2D eigenvalue weighted by atomic mass is 19.4. The minimum Gasteiger partial charge on any atom is -0.497 e. The lowest BCUT2D eigenvalue weighted by Crippen LogP contribution is -2.17. The monoisotopic (exact) mass is 464 g/mol. The second-order valence-corrected chi connectivity index (χ2v) is 6.73. The lowest BCUT2D eigenvalue weighted by atomic mass is 10.1. The molecule has 0 spiro atoms. The van der Waals surface area contributed by atoms with Crippen molar-refractivity contribution in [1.29, 1.82) is 0 Å². The van der Waals surface area contributed by atoms with Gasteiger partial charge in [-0.25, -0.2) is 4.98 Å². The second-order valence-electron chi connectivity index (χ2n) is 6.73. The van der Waals surface area contributed by atoms with Crippen molar-refractivity contribution in [2.24, 2.45) is 0 Å². The van der Waals surface area contributed by atoms with Gasteiger partial charge in [0.2, 0.25) is 5.95 Å². The zero-order chi connectivity index (χ0) is 23.8. The Morgan fingerprint density at radius 2 is 1.79 bits per heavy atom. The summed E-state index contributed by atoms with van der Waals surface area (Å²) in [4.78, 5) is 8.81. The van der Waals surface area contributed by atoms with Crippen LogP contribution in [0.15, 0.2) is 48.5 Å². The fourth-order valence-corrected chi connectivity index (χ4v) is 2.91. The van der Waals surface area contributed by atoms with Crippen molar-refractivity contribution in [1.82, 2.24) is 9.97 Å². The summed E-state index contributed by atoms with van der Waals surface area (Å²) in [5.74, 6) is 1.36. The maximum absolute atomic E-state index is 12.6. The Labute approximate surface area is 188 Å². The van der Waals surface area contributed by atoms with Crippen molar-refractivity contribution in [3.8, 4) is 28.5 Å². The molecule has 0 bridgehead atoms. The van der Waals surface area contributed by atoms with Crippen LogP contribution in [-0.4, -0.2) is 48.8 Å². The molecular formula is C22H23F3N4O4. The summed E-state index contributed by atoms with van der Waals surface area (Å²) < 4.78 is 52.5. The lowest BCUT2D eigenvalue weighted by molar-refractivity contribution is -0.274. The van der Waals surface area contributed by atoms with Crippen molar-refractivity contribution >= 4 is 17.5 Å². The first-order chi connectivity index (χ1) is 15.8. The number of ether oxygens (including phenoxy) is 3. The zero-order valence-electron chi connectivity index (χ0n) is 17.9. The van der Waals surface area contributed by atoms with E-state index in [2.05, 4.69) is 25.3 Å². The highest BCUT2D eigenvalue weighted by Gasteiger charge is 2.31. The van der Waals surface area contributed by atoms with Gasteiger partial charge in [-0.05, 0) is 30.7 Å². The molecule has 0 aliphatic carbocycles. The molecule has 176 valence electrons. The summed E-state index contributed by atoms with van der Waals surface area (Å²) in [7, 11) is 3.05. The first kappa shape index (κ1) is 23.9. The molecule has 0 aliphatic heterocycles. The van der Waals surface area contributed by atoms with Gasteiger partial charge >= 0.3 is 6.36 Å². The van der Waals surface area contributed by atoms with E-state index in [1.165, 1.54) is 25.3 Å². The number of aromatic nitrogens is 2. The molecule has 0 aliphatic rings. The van der Waals surface area contributed by atoms with Gasteiger partial charge in [0.15, 0.2) is 0 Å². The van der Waals surface area contributed by atoms with Gasteiger partial charge in [0.05, 0.1) is 25.6 Å². The van der Waals surface area contributed by atoms with Crippen molar-refractivity contribution in [3.05, 3.63) is 48.5 Å². The van der Waals surface area contributed by atoms with Crippen molar-refractivity contribution in [2.45, 2.75) is 12.8 Å². The molecule has 33 heavy (non-hydrogen) atoms. The minimum atomic E-state index is -4.81. The van der Waals surface area contributed by atoms with Crippen molar-refractivity contribution in [2.75, 3.05) is 38.0 Å². The van der Waals surface area contributed by atoms with Crippen LogP contribution >= 0.6 is 0 Å². The summed E-state index contributed by atoms with van der Waals surface area (Å²) in [5.41, 5.74) is 1.35. The second kappa shape index (κ2) is 10.7. The Kier molecular flexibility index (Phi) is 7.78. The fraction of sp³-hybridized carbons (Fsp3) is 0.273. The van der Waals surface area contributed by atoms with E-state index in [1.54, 1.807) is 37.4 Å². The molecule has 3 aromatic rings. The summed E-state index contributed by atoms with van der Waals surface area (Å²) in [6.07, 6.45) is -4.34. The Morgan fingerprint density at radius 1 is 0.970 bits per heavy atom. The van der Waals surface area contributed by atoms with E-state index in [-0.39, 0.29) is 18.3 Å². The topological polar surface area (TPSA) is 97.8 Å². The van der Waals surface area contributed by atoms with Crippen LogP contribution in [0.1, 0.15) is 6.42 Å². The third-order valence-corrected chi connectivity index (χ3v) is 4.38. The molecule has 0 fully saturated rings. The molecule has 2 aromatic carbocycles. The van der Waals surface area contributed by atoms with Crippen LogP contribution in [0.5, 0.6) is 17.2 Å². The average molecular weight is 464 g/mol. The number of methoxy groups -OCH3 is 2. The van der Waals surface area contributed by atoms with E-state index in [1.807, 2.05) is 0 Å². The number of benzene rings is 2. The molecule has 0 amide bonds. The minimum absolute atomic E-state index is 0.0162. The number of anilines is 3. The molecule has 8 nitrogen and oxygen atoms in total. The van der Waals surface area contributed by atoms with E-state index in [4.69, 9.17) is 14.6 Å². The third kappa shape index (κ3) is 6.88. The number of hydrogen-bond donors (Lipinski definition) is 3. The molecule has 0 saturated heterocycles. The highest BCUT2D eigenvalue weighted by molar-refractivity contribution is 5.71. The number of hydrogen-bond acceptors (Lipinski definition) is 8. The number of nitrogens with one attached hydrogen (secondary N) is 2. The average Bonchev–Trinajstić information content (AvgIpc) is 2.78. The van der Waals surface area contributed by atoms with Gasteiger partial charge in [-0.3, -0.25) is 0 Å². The summed E-state index contributed by atoms with van der Waals surface area (Å²) >= 11 is 0. The van der Waals surface area contributed by atoms with Crippen LogP contribution in [0.3, 0.4) is 0 Å². The van der Waals surface area contributed by atoms with Gasteiger partial charge in [0.25, 0.3) is 0 Å². The first-order valence-electron chi connectivity index (χ1n) is 9.90. The predicted molar refractivity (Wildman–Crippen MR) is 117 cm³/mol. The maximum atomic E-state index is 12.6. The largest absolute Gasteiger partial charge is 0.573 e. The number of alkyl halides is 3. The van der Waals surface area contributed by atoms with Crippen molar-refractivity contribution in [3.63, 3.8) is 0 Å². The van der Waals surface area contributed by atoms with E-state index in [9.17, 15) is 13.2 Å². The van der Waals surface area contributed by atoms with Crippen molar-refractivity contribution < 1.29 is 32.5 Å². The third-order valence-electron chi connectivity index (χ3n) is 4.38. The molecule has 0 unspecified atom stereocenters. The Hall–Kier alpha value is -3.73. The predicted octanol–water partition coefficient (Wildman–Crippen LogP) is 4.60. The first-order valence-corrected chi connectivity index (χ1v) is 9.90. The van der Waals surface area contributed by atoms with Crippen LogP contribution in [0.2, 0.25) is 0 Å². The zero-order valence-corrected chi connectivity index (χ0v) is 17.9. The number of aliphatic hydroxyl groups is 1.